The number of rotatable bonds is 15. The Morgan fingerprint density at radius 2 is 1.05 bits per heavy atom. The topological polar surface area (TPSA) is 125 Å². The summed E-state index contributed by atoms with van der Waals surface area (Å²) in [7, 11) is -3.13. The molecule has 0 saturated heterocycles. The van der Waals surface area contributed by atoms with Gasteiger partial charge in [0.25, 0.3) is 0 Å². The van der Waals surface area contributed by atoms with Gasteiger partial charge in [-0.3, -0.25) is 9.36 Å². The zero-order chi connectivity index (χ0) is 49.7. The Balaban J connectivity index is 0.000000225. The van der Waals surface area contributed by atoms with Crippen LogP contribution in [0.2, 0.25) is 0 Å². The summed E-state index contributed by atoms with van der Waals surface area (Å²) in [5.41, 5.74) is 11.1. The first kappa shape index (κ1) is 54.8. The van der Waals surface area contributed by atoms with Gasteiger partial charge in [-0.05, 0) is 152 Å². The minimum absolute atomic E-state index is 0.105. The number of carboxylic acids is 1. The van der Waals surface area contributed by atoms with Crippen molar-refractivity contribution in [3.63, 3.8) is 0 Å². The van der Waals surface area contributed by atoms with Crippen LogP contribution in [-0.4, -0.2) is 55.6 Å². The van der Waals surface area contributed by atoms with Crippen LogP contribution < -0.4 is 0 Å². The molecule has 9 nitrogen and oxygen atoms in total. The molecule has 1 N–H and O–H groups in total. The van der Waals surface area contributed by atoms with Gasteiger partial charge in [0.15, 0.2) is 0 Å². The predicted molar refractivity (Wildman–Crippen MR) is 268 cm³/mol. The Kier molecular flexibility index (Phi) is 17.6. The lowest BCUT2D eigenvalue weighted by Gasteiger charge is -2.42. The Labute approximate surface area is 398 Å². The summed E-state index contributed by atoms with van der Waals surface area (Å²) >= 11 is 0. The zero-order valence-corrected chi connectivity index (χ0v) is 44.3. The van der Waals surface area contributed by atoms with Crippen molar-refractivity contribution in [2.24, 2.45) is 11.8 Å². The van der Waals surface area contributed by atoms with Crippen LogP contribution in [0.25, 0.3) is 0 Å². The summed E-state index contributed by atoms with van der Waals surface area (Å²) < 4.78 is 32.1. The second-order valence-electron chi connectivity index (χ2n) is 22.1. The third-order valence-electron chi connectivity index (χ3n) is 14.8. The molecule has 2 saturated carbocycles. The van der Waals surface area contributed by atoms with Crippen LogP contribution >= 0.6 is 7.60 Å². The molecule has 4 aliphatic rings. The van der Waals surface area contributed by atoms with E-state index in [4.69, 9.17) is 18.5 Å². The average molecular weight is 931 g/mol. The lowest BCUT2D eigenvalue weighted by Crippen LogP contribution is -2.34. The lowest BCUT2D eigenvalue weighted by molar-refractivity contribution is -0.139. The van der Waals surface area contributed by atoms with E-state index in [-0.39, 0.29) is 50.5 Å². The van der Waals surface area contributed by atoms with Gasteiger partial charge in [0.05, 0.1) is 38.5 Å². The molecule has 0 heterocycles. The minimum atomic E-state index is -3.13. The second kappa shape index (κ2) is 21.2. The van der Waals surface area contributed by atoms with Gasteiger partial charge in [-0.2, -0.15) is 0 Å². The standard InChI is InChI=1S/C26H36O2.C19H26O2.C11H21O5P/c1-8-28-23(27)15-18(2)9-10-20-17-26(20,7)19-11-12-21-22(16-19)25(5,6)14-13-24(21,3)4;1-17(2)8-9-18(3,4)14-10-12(6-7-13(14)17)19(5)11-15(19)16(20)21;1-5-14-11(12)8-10(4)9-17(13,15-6-2)16-7-3/h9-12,15-16,20H,8,13-14,17H2,1-7H3;6-7,10,15H,8-9,11H2,1-5H3,(H,20,21);8H,5-7,9H2,1-4H3/b10-9+,18-15+;;10-8+/t20-,26-;15-,19+;/m10./s1. The zero-order valence-electron chi connectivity index (χ0n) is 43.4. The monoisotopic (exact) mass is 931 g/mol. The lowest BCUT2D eigenvalue weighted by atomic mass is 9.62. The van der Waals surface area contributed by atoms with Crippen LogP contribution in [0.3, 0.4) is 0 Å². The summed E-state index contributed by atoms with van der Waals surface area (Å²) in [6.07, 6.45) is 14.2. The number of benzene rings is 2. The molecule has 4 atom stereocenters. The van der Waals surface area contributed by atoms with Gasteiger partial charge < -0.3 is 23.6 Å². The van der Waals surface area contributed by atoms with Gasteiger partial charge in [0.1, 0.15) is 0 Å². The molecule has 366 valence electrons. The Morgan fingerprint density at radius 3 is 1.45 bits per heavy atom. The van der Waals surface area contributed by atoms with E-state index < -0.39 is 19.5 Å². The maximum absolute atomic E-state index is 12.1. The Hall–Kier alpha value is -3.78. The minimum Gasteiger partial charge on any atom is -0.481 e. The number of hydrogen-bond acceptors (Lipinski definition) is 8. The van der Waals surface area contributed by atoms with Crippen LogP contribution in [-0.2, 0) is 70.0 Å². The molecule has 2 aromatic carbocycles. The molecule has 0 bridgehead atoms. The third kappa shape index (κ3) is 13.3. The van der Waals surface area contributed by atoms with E-state index in [1.807, 2.05) is 13.8 Å². The largest absolute Gasteiger partial charge is 0.481 e. The van der Waals surface area contributed by atoms with Crippen LogP contribution in [0.5, 0.6) is 0 Å². The van der Waals surface area contributed by atoms with E-state index >= 15 is 0 Å². The fourth-order valence-corrected chi connectivity index (χ4v) is 11.6. The van der Waals surface area contributed by atoms with Gasteiger partial charge in [-0.1, -0.05) is 123 Å². The molecule has 0 unspecified atom stereocenters. The molecule has 2 aromatic rings. The van der Waals surface area contributed by atoms with Gasteiger partial charge in [0, 0.05) is 17.6 Å². The molecule has 0 aromatic heterocycles. The third-order valence-corrected chi connectivity index (χ3v) is 17.0. The van der Waals surface area contributed by atoms with Gasteiger partial charge in [0.2, 0.25) is 0 Å². The molecular weight excluding hydrogens is 848 g/mol. The summed E-state index contributed by atoms with van der Waals surface area (Å²) in [6.45, 7) is 35.3. The fourth-order valence-electron chi connectivity index (χ4n) is 9.89. The highest BCUT2D eigenvalue weighted by Gasteiger charge is 2.56. The maximum atomic E-state index is 12.1. The SMILES string of the molecule is CC1(C)CCC(C)(C)c2cc([C@@]3(C)C[C@H]3C(=O)O)ccc21.CCOC(=O)/C=C(C)/C=C/[C@@H]1C[C@]1(C)c1ccc2c(c1)C(C)(C)CCC2(C)C.CCOC(=O)/C=C(\C)CP(=O)(OCC)OCC. The number of carbonyl (C=O) groups excluding carboxylic acids is 2. The highest BCUT2D eigenvalue weighted by atomic mass is 31.2. The highest BCUT2D eigenvalue weighted by Crippen LogP contribution is 2.58. The second-order valence-corrected chi connectivity index (χ2v) is 24.2. The first-order valence-electron chi connectivity index (χ1n) is 24.3. The summed E-state index contributed by atoms with van der Waals surface area (Å²) in [4.78, 5) is 34.0. The van der Waals surface area contributed by atoms with Crippen molar-refractivity contribution in [3.8, 4) is 0 Å². The number of carbonyl (C=O) groups is 3. The van der Waals surface area contributed by atoms with Crippen molar-refractivity contribution >= 4 is 25.5 Å². The van der Waals surface area contributed by atoms with E-state index in [1.165, 1.54) is 71.6 Å². The number of aliphatic carboxylic acids is 1. The van der Waals surface area contributed by atoms with Crippen molar-refractivity contribution in [3.05, 3.63) is 105 Å². The van der Waals surface area contributed by atoms with Gasteiger partial charge in [-0.25, -0.2) is 9.59 Å². The Bertz CT molecular complexity index is 2210. The normalized spacial score (nSPS) is 25.5. The molecule has 0 amide bonds. The number of ether oxygens (including phenoxy) is 2. The van der Waals surface area contributed by atoms with Crippen molar-refractivity contribution in [2.45, 2.75) is 182 Å². The number of allylic oxidation sites excluding steroid dienone is 4. The van der Waals surface area contributed by atoms with E-state index in [2.05, 4.69) is 118 Å². The number of esters is 2. The quantitative estimate of drug-likeness (QED) is 0.0804. The first-order valence-corrected chi connectivity index (χ1v) is 26.1. The smallest absolute Gasteiger partial charge is 0.334 e. The molecule has 10 heteroatoms. The average Bonchev–Trinajstić information content (AvgIpc) is 4.12. The van der Waals surface area contributed by atoms with Gasteiger partial charge in [-0.15, -0.1) is 0 Å². The van der Waals surface area contributed by atoms with Crippen molar-refractivity contribution in [1.29, 1.82) is 0 Å². The molecule has 6 rings (SSSR count). The molecule has 4 aliphatic carbocycles. The molecule has 2 fully saturated rings. The van der Waals surface area contributed by atoms with Crippen molar-refractivity contribution in [1.82, 2.24) is 0 Å². The number of carboxylic acid groups (broad SMARTS) is 1. The van der Waals surface area contributed by atoms with E-state index in [0.29, 0.717) is 37.9 Å². The van der Waals surface area contributed by atoms with E-state index in [0.717, 1.165) is 12.0 Å². The summed E-state index contributed by atoms with van der Waals surface area (Å²) in [5, 5.41) is 9.27. The Morgan fingerprint density at radius 1 is 0.621 bits per heavy atom. The fraction of sp³-hybridized carbons (Fsp3) is 0.625. The van der Waals surface area contributed by atoms with Crippen LogP contribution in [0.4, 0.5) is 0 Å². The van der Waals surface area contributed by atoms with Crippen LogP contribution in [0.15, 0.2) is 71.8 Å². The first-order chi connectivity index (χ1) is 30.5. The molecule has 0 aliphatic heterocycles. The molecular formula is C56H83O9P. The summed E-state index contributed by atoms with van der Waals surface area (Å²) in [5.74, 6) is -1.05. The molecule has 66 heavy (non-hydrogen) atoms. The van der Waals surface area contributed by atoms with Crippen molar-refractivity contribution in [2.75, 3.05) is 32.6 Å². The summed E-state index contributed by atoms with van der Waals surface area (Å²) in [6, 6.07) is 14.0. The maximum Gasteiger partial charge on any atom is 0.334 e. The van der Waals surface area contributed by atoms with Crippen molar-refractivity contribution < 1.29 is 42.6 Å². The molecule has 0 radical (unpaired) electrons. The van der Waals surface area contributed by atoms with Crippen LogP contribution in [0, 0.1) is 11.8 Å². The number of hydrogen-bond donors (Lipinski definition) is 1. The highest BCUT2D eigenvalue weighted by molar-refractivity contribution is 7.54. The van der Waals surface area contributed by atoms with Gasteiger partial charge >= 0.3 is 25.5 Å². The predicted octanol–water partition coefficient (Wildman–Crippen LogP) is 13.5. The number of fused-ring (bicyclic) bond motifs is 2. The van der Waals surface area contributed by atoms with Crippen LogP contribution in [0.1, 0.15) is 183 Å². The molecule has 0 spiro atoms. The van der Waals surface area contributed by atoms with E-state index in [9.17, 15) is 24.1 Å². The van der Waals surface area contributed by atoms with E-state index in [1.54, 1.807) is 33.8 Å².